The molecule has 0 N–H and O–H groups in total. The van der Waals surface area contributed by atoms with E-state index in [2.05, 4.69) is 0 Å². The minimum absolute atomic E-state index is 0. The van der Waals surface area contributed by atoms with Crippen LogP contribution in [0.2, 0.25) is 0 Å². The molecule has 0 aliphatic rings. The normalized spacial score (nSPS) is 0. The van der Waals surface area contributed by atoms with Crippen LogP contribution in [-0.4, -0.2) is 74.3 Å². The van der Waals surface area contributed by atoms with E-state index in [4.69, 9.17) is 0 Å². The van der Waals surface area contributed by atoms with Crippen LogP contribution in [0.25, 0.3) is 0 Å². The first-order valence-electron chi connectivity index (χ1n) is 0. The predicted molar refractivity (Wildman–Crippen MR) is 28.4 cm³/mol. The molecule has 0 rings (SSSR count). The summed E-state index contributed by atoms with van der Waals surface area (Å²) in [6, 6.07) is 0. The summed E-state index contributed by atoms with van der Waals surface area (Å²) in [4.78, 5) is 0. The van der Waals surface area contributed by atoms with Crippen molar-refractivity contribution in [1.82, 2.24) is 0 Å². The Bertz CT molecular complexity index is 8.00. The third-order valence-corrected chi connectivity index (χ3v) is 0. The van der Waals surface area contributed by atoms with Gasteiger partial charge in [0, 0.05) is 22.4 Å². The van der Waals surface area contributed by atoms with Gasteiger partial charge in [0.2, 0.25) is 0 Å². The monoisotopic (exact) mass is 575 g/mol. The van der Waals surface area contributed by atoms with E-state index >= 15 is 0 Å². The van der Waals surface area contributed by atoms with Crippen LogP contribution < -0.4 is 0 Å². The van der Waals surface area contributed by atoms with Gasteiger partial charge < -0.3 is 0 Å². The van der Waals surface area contributed by atoms with Gasteiger partial charge in [0.05, 0.1) is 0 Å². The third kappa shape index (κ3) is 8.97. The first-order valence-corrected chi connectivity index (χ1v) is 0. The number of hydrogen-bond donors (Lipinski definition) is 0. The fourth-order valence-corrected chi connectivity index (χ4v) is 0. The van der Waals surface area contributed by atoms with Crippen molar-refractivity contribution in [3.05, 3.63) is 0 Å². The topological polar surface area (TPSA) is 0 Å². The molecule has 0 nitrogen and oxygen atoms in total. The Labute approximate surface area is 94.7 Å². The fourth-order valence-electron chi connectivity index (χ4n) is 0. The second-order valence-corrected chi connectivity index (χ2v) is 0. The van der Waals surface area contributed by atoms with Crippen LogP contribution in [0.15, 0.2) is 0 Å². The van der Waals surface area contributed by atoms with Crippen LogP contribution in [-0.2, 0) is 22.4 Å². The molecule has 0 atom stereocenters. The first kappa shape index (κ1) is 26.9. The molecule has 0 aromatic heterocycles. The molecule has 0 unspecified atom stereocenters. The van der Waals surface area contributed by atoms with Crippen molar-refractivity contribution in [2.24, 2.45) is 0 Å². The van der Waals surface area contributed by atoms with Gasteiger partial charge in [-0.15, -0.1) is 0 Å². The van der Waals surface area contributed by atoms with Crippen molar-refractivity contribution in [3.63, 3.8) is 0 Å². The van der Waals surface area contributed by atoms with E-state index in [-0.39, 0.29) is 96.7 Å². The molecule has 35 valence electrons. The van der Waals surface area contributed by atoms with Crippen LogP contribution in [0.5, 0.6) is 0 Å². The molecular weight excluding hydrogens is 566 g/mol. The van der Waals surface area contributed by atoms with Gasteiger partial charge in [-0.3, -0.25) is 0 Å². The Hall–Kier alpha value is 3.23. The summed E-state index contributed by atoms with van der Waals surface area (Å²) in [6.45, 7) is 0. The maximum atomic E-state index is 0. The van der Waals surface area contributed by atoms with E-state index in [1.54, 1.807) is 0 Å². The second kappa shape index (κ2) is 16.3. The molecular formula is H8AgBiSbTe. The van der Waals surface area contributed by atoms with E-state index in [1.807, 2.05) is 0 Å². The Morgan fingerprint density at radius 2 is 1.00 bits per heavy atom. The predicted octanol–water partition coefficient (Wildman–Crippen LogP) is -3.29. The van der Waals surface area contributed by atoms with Crippen molar-refractivity contribution in [1.29, 1.82) is 0 Å². The van der Waals surface area contributed by atoms with Crippen molar-refractivity contribution in [3.8, 4) is 0 Å². The molecule has 0 spiro atoms. The summed E-state index contributed by atoms with van der Waals surface area (Å²) in [6.07, 6.45) is 0. The molecule has 4 heteroatoms. The zero-order valence-corrected chi connectivity index (χ0v) is 16.1. The molecule has 0 aromatic carbocycles. The number of hydrogen-bond acceptors (Lipinski definition) is 0. The van der Waals surface area contributed by atoms with Gasteiger partial charge in [-0.1, -0.05) is 0 Å². The van der Waals surface area contributed by atoms with Gasteiger partial charge in [-0.05, 0) is 0 Å². The van der Waals surface area contributed by atoms with Crippen molar-refractivity contribution >= 4 is 74.3 Å². The summed E-state index contributed by atoms with van der Waals surface area (Å²) in [5.74, 6) is 0. The molecule has 0 fully saturated rings. The number of rotatable bonds is 0. The van der Waals surface area contributed by atoms with Gasteiger partial charge in [0.15, 0.2) is 0 Å². The molecule has 0 saturated carbocycles. The molecule has 0 amide bonds. The van der Waals surface area contributed by atoms with Crippen LogP contribution in [0.3, 0.4) is 0 Å². The van der Waals surface area contributed by atoms with Crippen LogP contribution >= 0.6 is 0 Å². The SMILES string of the molecule is [Ag].[BiH3].[SbH3].[TeH2]. The summed E-state index contributed by atoms with van der Waals surface area (Å²) in [5, 5.41) is 0. The van der Waals surface area contributed by atoms with Gasteiger partial charge in [-0.2, -0.15) is 0 Å². The quantitative estimate of drug-likeness (QED) is 0.267. The van der Waals surface area contributed by atoms with E-state index in [9.17, 15) is 0 Å². The van der Waals surface area contributed by atoms with E-state index in [0.29, 0.717) is 0 Å². The van der Waals surface area contributed by atoms with Crippen LogP contribution in [0, 0.1) is 0 Å². The Balaban J connectivity index is 0. The summed E-state index contributed by atoms with van der Waals surface area (Å²) >= 11 is 0. The standard InChI is InChI=1S/Ag.Bi.Sb.H2Te.6H/h;;;1H2;;;;;;. The maximum absolute atomic E-state index is 0. The van der Waals surface area contributed by atoms with Crippen molar-refractivity contribution in [2.75, 3.05) is 0 Å². The zero-order valence-electron chi connectivity index (χ0n) is 2.22. The molecule has 1 radical (unpaired) electrons. The minimum atomic E-state index is 0. The molecule has 0 aromatic rings. The Kier molecular flexibility index (Phi) is 110. The molecule has 0 heterocycles. The van der Waals surface area contributed by atoms with E-state index < -0.39 is 0 Å². The molecule has 0 aliphatic carbocycles. The van der Waals surface area contributed by atoms with Gasteiger partial charge in [0.25, 0.3) is 0 Å². The average molecular weight is 574 g/mol. The van der Waals surface area contributed by atoms with Gasteiger partial charge >= 0.3 is 74.3 Å². The summed E-state index contributed by atoms with van der Waals surface area (Å²) < 4.78 is 0. The van der Waals surface area contributed by atoms with E-state index in [0.717, 1.165) is 0 Å². The first-order chi connectivity index (χ1) is 0. The molecule has 4 heavy (non-hydrogen) atoms. The third-order valence-electron chi connectivity index (χ3n) is 0. The van der Waals surface area contributed by atoms with Crippen LogP contribution in [0.1, 0.15) is 0 Å². The Morgan fingerprint density at radius 3 is 1.00 bits per heavy atom. The summed E-state index contributed by atoms with van der Waals surface area (Å²) in [5.41, 5.74) is 0. The van der Waals surface area contributed by atoms with Gasteiger partial charge in [-0.25, -0.2) is 0 Å². The zero-order chi connectivity index (χ0) is 0. The molecule has 0 saturated heterocycles. The van der Waals surface area contributed by atoms with Gasteiger partial charge in [0.1, 0.15) is 0 Å². The Morgan fingerprint density at radius 1 is 1.00 bits per heavy atom. The molecule has 0 aliphatic heterocycles. The second-order valence-electron chi connectivity index (χ2n) is 0. The average Bonchev–Trinajstić information content (AvgIpc) is 0. The van der Waals surface area contributed by atoms with Crippen molar-refractivity contribution < 1.29 is 22.4 Å². The molecule has 0 bridgehead atoms. The summed E-state index contributed by atoms with van der Waals surface area (Å²) in [7, 11) is 0. The fraction of sp³-hybridized carbons (Fsp3) is 0. The van der Waals surface area contributed by atoms with Crippen LogP contribution in [0.4, 0.5) is 0 Å². The van der Waals surface area contributed by atoms with E-state index in [1.165, 1.54) is 0 Å². The van der Waals surface area contributed by atoms with Crippen molar-refractivity contribution in [2.45, 2.75) is 0 Å².